The van der Waals surface area contributed by atoms with E-state index in [4.69, 9.17) is 16.3 Å². The molecule has 0 bridgehead atoms. The standard InChI is InChI=1S/C17H17ClN4O2/c1-10(2)22-16-11(8-20-22)6-13(9-19-16)21-17(23)14-7-12(18)4-5-15(14)24-3/h4-10H,1-3H3,(H,21,23). The Kier molecular flexibility index (Phi) is 4.40. The number of fused-ring (bicyclic) bond motifs is 1. The molecule has 0 atom stereocenters. The van der Waals surface area contributed by atoms with Crippen molar-refractivity contribution in [2.75, 3.05) is 12.4 Å². The molecule has 24 heavy (non-hydrogen) atoms. The smallest absolute Gasteiger partial charge is 0.259 e. The van der Waals surface area contributed by atoms with E-state index in [2.05, 4.69) is 15.4 Å². The van der Waals surface area contributed by atoms with Gasteiger partial charge in [-0.2, -0.15) is 5.10 Å². The molecule has 0 aliphatic heterocycles. The molecule has 1 aromatic carbocycles. The highest BCUT2D eigenvalue weighted by molar-refractivity contribution is 6.31. The third-order valence-electron chi connectivity index (χ3n) is 3.59. The van der Waals surface area contributed by atoms with Gasteiger partial charge in [0.2, 0.25) is 0 Å². The Morgan fingerprint density at radius 3 is 2.79 bits per heavy atom. The molecule has 0 aliphatic rings. The number of hydrogen-bond donors (Lipinski definition) is 1. The molecule has 7 heteroatoms. The summed E-state index contributed by atoms with van der Waals surface area (Å²) in [6.45, 7) is 4.07. The number of anilines is 1. The lowest BCUT2D eigenvalue weighted by Crippen LogP contribution is -2.13. The second-order valence-electron chi connectivity index (χ2n) is 5.62. The molecule has 3 rings (SSSR count). The molecule has 2 aromatic heterocycles. The summed E-state index contributed by atoms with van der Waals surface area (Å²) in [5.74, 6) is 0.144. The van der Waals surface area contributed by atoms with Crippen LogP contribution < -0.4 is 10.1 Å². The number of pyridine rings is 1. The summed E-state index contributed by atoms with van der Waals surface area (Å²) in [5, 5.41) is 8.46. The van der Waals surface area contributed by atoms with E-state index < -0.39 is 0 Å². The molecule has 0 spiro atoms. The minimum absolute atomic E-state index is 0.214. The topological polar surface area (TPSA) is 69.0 Å². The van der Waals surface area contributed by atoms with Crippen LogP contribution in [0.3, 0.4) is 0 Å². The van der Waals surface area contributed by atoms with Crippen LogP contribution in [0.4, 0.5) is 5.69 Å². The zero-order valence-electron chi connectivity index (χ0n) is 13.6. The second-order valence-corrected chi connectivity index (χ2v) is 6.05. The molecule has 0 radical (unpaired) electrons. The van der Waals surface area contributed by atoms with E-state index in [1.807, 2.05) is 24.6 Å². The maximum atomic E-state index is 12.5. The van der Waals surface area contributed by atoms with Gasteiger partial charge in [-0.05, 0) is 38.1 Å². The molecule has 2 heterocycles. The van der Waals surface area contributed by atoms with Crippen LogP contribution in [-0.4, -0.2) is 27.8 Å². The average molecular weight is 345 g/mol. The van der Waals surface area contributed by atoms with Gasteiger partial charge in [-0.1, -0.05) is 11.6 Å². The third-order valence-corrected chi connectivity index (χ3v) is 3.82. The van der Waals surface area contributed by atoms with Gasteiger partial charge in [-0.15, -0.1) is 0 Å². The molecule has 3 aromatic rings. The molecule has 6 nitrogen and oxygen atoms in total. The first-order chi connectivity index (χ1) is 11.5. The summed E-state index contributed by atoms with van der Waals surface area (Å²) in [7, 11) is 1.51. The first-order valence-corrected chi connectivity index (χ1v) is 7.85. The molecule has 0 saturated carbocycles. The summed E-state index contributed by atoms with van der Waals surface area (Å²) >= 11 is 5.97. The van der Waals surface area contributed by atoms with Gasteiger partial charge in [0.1, 0.15) is 5.75 Å². The van der Waals surface area contributed by atoms with Crippen molar-refractivity contribution >= 4 is 34.2 Å². The molecular weight excluding hydrogens is 328 g/mol. The summed E-state index contributed by atoms with van der Waals surface area (Å²) in [5.41, 5.74) is 1.73. The Bertz CT molecular complexity index is 905. The van der Waals surface area contributed by atoms with E-state index in [0.717, 1.165) is 11.0 Å². The Morgan fingerprint density at radius 2 is 2.08 bits per heavy atom. The lowest BCUT2D eigenvalue weighted by atomic mass is 10.2. The largest absolute Gasteiger partial charge is 0.496 e. The average Bonchev–Trinajstić information content (AvgIpc) is 2.98. The molecule has 1 N–H and O–H groups in total. The van der Waals surface area contributed by atoms with E-state index in [9.17, 15) is 4.79 Å². The lowest BCUT2D eigenvalue weighted by molar-refractivity contribution is 0.102. The number of methoxy groups -OCH3 is 1. The van der Waals surface area contributed by atoms with E-state index >= 15 is 0 Å². The van der Waals surface area contributed by atoms with E-state index in [-0.39, 0.29) is 11.9 Å². The SMILES string of the molecule is COc1ccc(Cl)cc1C(=O)Nc1cnc2c(cnn2C(C)C)c1. The highest BCUT2D eigenvalue weighted by Crippen LogP contribution is 2.24. The second kappa shape index (κ2) is 6.49. The monoisotopic (exact) mass is 344 g/mol. The van der Waals surface area contributed by atoms with Crippen LogP contribution in [0, 0.1) is 0 Å². The maximum Gasteiger partial charge on any atom is 0.259 e. The number of hydrogen-bond acceptors (Lipinski definition) is 4. The van der Waals surface area contributed by atoms with Crippen LogP contribution in [0.25, 0.3) is 11.0 Å². The number of nitrogens with one attached hydrogen (secondary N) is 1. The zero-order valence-corrected chi connectivity index (χ0v) is 14.3. The van der Waals surface area contributed by atoms with Crippen LogP contribution in [0.15, 0.2) is 36.7 Å². The quantitative estimate of drug-likeness (QED) is 0.778. The molecule has 124 valence electrons. The van der Waals surface area contributed by atoms with Crippen molar-refractivity contribution in [3.05, 3.63) is 47.2 Å². The predicted molar refractivity (Wildman–Crippen MR) is 93.9 cm³/mol. The van der Waals surface area contributed by atoms with Crippen molar-refractivity contribution in [3.63, 3.8) is 0 Å². The normalized spacial score (nSPS) is 11.0. The predicted octanol–water partition coefficient (Wildman–Crippen LogP) is 3.93. The molecule has 0 saturated heterocycles. The summed E-state index contributed by atoms with van der Waals surface area (Å²) < 4.78 is 7.04. The minimum Gasteiger partial charge on any atom is -0.496 e. The van der Waals surface area contributed by atoms with Crippen LogP contribution in [-0.2, 0) is 0 Å². The fourth-order valence-electron chi connectivity index (χ4n) is 2.44. The number of carbonyl (C=O) groups excluding carboxylic acids is 1. The number of benzene rings is 1. The fourth-order valence-corrected chi connectivity index (χ4v) is 2.61. The Balaban J connectivity index is 1.90. The lowest BCUT2D eigenvalue weighted by Gasteiger charge is -2.10. The van der Waals surface area contributed by atoms with E-state index in [1.54, 1.807) is 30.6 Å². The highest BCUT2D eigenvalue weighted by Gasteiger charge is 2.14. The zero-order chi connectivity index (χ0) is 17.3. The van der Waals surface area contributed by atoms with Crippen LogP contribution in [0.2, 0.25) is 5.02 Å². The minimum atomic E-state index is -0.313. The molecular formula is C17H17ClN4O2. The Morgan fingerprint density at radius 1 is 1.29 bits per heavy atom. The van der Waals surface area contributed by atoms with Crippen molar-refractivity contribution in [1.29, 1.82) is 0 Å². The van der Waals surface area contributed by atoms with Crippen molar-refractivity contribution in [3.8, 4) is 5.75 Å². The van der Waals surface area contributed by atoms with Gasteiger partial charge in [0.05, 0.1) is 30.8 Å². The molecule has 0 unspecified atom stereocenters. The van der Waals surface area contributed by atoms with Gasteiger partial charge >= 0.3 is 0 Å². The van der Waals surface area contributed by atoms with Gasteiger partial charge < -0.3 is 10.1 Å². The Labute approximate surface area is 144 Å². The first kappa shape index (κ1) is 16.3. The van der Waals surface area contributed by atoms with Crippen LogP contribution in [0.1, 0.15) is 30.2 Å². The number of nitrogens with zero attached hydrogens (tertiary/aromatic N) is 3. The van der Waals surface area contributed by atoms with Crippen LogP contribution in [0.5, 0.6) is 5.75 Å². The van der Waals surface area contributed by atoms with Gasteiger partial charge in [0, 0.05) is 16.5 Å². The van der Waals surface area contributed by atoms with Crippen LogP contribution >= 0.6 is 11.6 Å². The maximum absolute atomic E-state index is 12.5. The number of carbonyl (C=O) groups is 1. The molecule has 1 amide bonds. The Hall–Kier alpha value is -2.60. The number of rotatable bonds is 4. The number of aromatic nitrogens is 3. The van der Waals surface area contributed by atoms with Gasteiger partial charge in [0.15, 0.2) is 5.65 Å². The van der Waals surface area contributed by atoms with Gasteiger partial charge in [0.25, 0.3) is 5.91 Å². The van der Waals surface area contributed by atoms with Crippen molar-refractivity contribution in [2.24, 2.45) is 0 Å². The fraction of sp³-hybridized carbons (Fsp3) is 0.235. The number of ether oxygens (including phenoxy) is 1. The summed E-state index contributed by atoms with van der Waals surface area (Å²) in [6, 6.07) is 6.95. The molecule has 0 fully saturated rings. The van der Waals surface area contributed by atoms with Crippen molar-refractivity contribution in [1.82, 2.24) is 14.8 Å². The first-order valence-electron chi connectivity index (χ1n) is 7.47. The van der Waals surface area contributed by atoms with E-state index in [0.29, 0.717) is 22.0 Å². The van der Waals surface area contributed by atoms with Gasteiger partial charge in [-0.25, -0.2) is 9.67 Å². The third kappa shape index (κ3) is 3.05. The molecule has 0 aliphatic carbocycles. The highest BCUT2D eigenvalue weighted by atomic mass is 35.5. The summed E-state index contributed by atoms with van der Waals surface area (Å²) in [6.07, 6.45) is 3.34. The summed E-state index contributed by atoms with van der Waals surface area (Å²) in [4.78, 5) is 16.9. The number of halogens is 1. The van der Waals surface area contributed by atoms with E-state index in [1.165, 1.54) is 7.11 Å². The van der Waals surface area contributed by atoms with Gasteiger partial charge in [-0.3, -0.25) is 4.79 Å². The number of amides is 1. The van der Waals surface area contributed by atoms with Crippen molar-refractivity contribution < 1.29 is 9.53 Å². The van der Waals surface area contributed by atoms with Crippen molar-refractivity contribution in [2.45, 2.75) is 19.9 Å².